The Kier molecular flexibility index (Phi) is 8.59. The number of carbonyl (C=O) groups excluding carboxylic acids is 2. The SMILES string of the molecule is CCCCC(CC)Cn1c2c(c3cc(C(=O)c4ccccc4F)ccc31)C=C(C(=O)c1c(C)cc(C)cc1C)C1C=CC=CC21. The van der Waals surface area contributed by atoms with Gasteiger partial charge < -0.3 is 4.57 Å². The summed E-state index contributed by atoms with van der Waals surface area (Å²) in [5.41, 5.74) is 8.38. The Morgan fingerprint density at radius 3 is 2.29 bits per heavy atom. The van der Waals surface area contributed by atoms with Gasteiger partial charge in [0, 0.05) is 57.2 Å². The van der Waals surface area contributed by atoms with Crippen molar-refractivity contribution in [1.29, 1.82) is 0 Å². The summed E-state index contributed by atoms with van der Waals surface area (Å²) < 4.78 is 17.1. The summed E-state index contributed by atoms with van der Waals surface area (Å²) in [5.74, 6) is -0.403. The number of allylic oxidation sites excluding steroid dienone is 5. The van der Waals surface area contributed by atoms with E-state index in [9.17, 15) is 14.0 Å². The Morgan fingerprint density at radius 1 is 0.889 bits per heavy atom. The van der Waals surface area contributed by atoms with Crippen LogP contribution in [-0.4, -0.2) is 16.1 Å². The van der Waals surface area contributed by atoms with Crippen molar-refractivity contribution in [3.05, 3.63) is 135 Å². The Bertz CT molecular complexity index is 1880. The van der Waals surface area contributed by atoms with Gasteiger partial charge in [-0.25, -0.2) is 4.39 Å². The normalized spacial score (nSPS) is 17.6. The van der Waals surface area contributed by atoms with Crippen molar-refractivity contribution in [2.45, 2.75) is 72.8 Å². The molecule has 0 N–H and O–H groups in total. The molecule has 230 valence electrons. The number of rotatable bonds is 10. The van der Waals surface area contributed by atoms with Crippen LogP contribution in [0, 0.1) is 38.4 Å². The van der Waals surface area contributed by atoms with Gasteiger partial charge in [0.1, 0.15) is 5.82 Å². The molecule has 1 aromatic heterocycles. The van der Waals surface area contributed by atoms with Gasteiger partial charge in [-0.05, 0) is 80.6 Å². The van der Waals surface area contributed by atoms with E-state index in [1.54, 1.807) is 12.1 Å². The van der Waals surface area contributed by atoms with Crippen molar-refractivity contribution < 1.29 is 14.0 Å². The number of carbonyl (C=O) groups is 2. The molecule has 6 rings (SSSR count). The molecule has 0 bridgehead atoms. The Balaban J connectivity index is 1.58. The predicted octanol–water partition coefficient (Wildman–Crippen LogP) is 10.3. The van der Waals surface area contributed by atoms with Gasteiger partial charge in [0.2, 0.25) is 0 Å². The largest absolute Gasteiger partial charge is 0.343 e. The number of benzene rings is 3. The first-order valence-corrected chi connectivity index (χ1v) is 16.4. The van der Waals surface area contributed by atoms with Crippen LogP contribution in [0.5, 0.6) is 0 Å². The van der Waals surface area contributed by atoms with E-state index in [2.05, 4.69) is 67.9 Å². The number of fused-ring (bicyclic) bond motifs is 5. The molecular formula is C41H42FNO2. The highest BCUT2D eigenvalue weighted by atomic mass is 19.1. The number of ketones is 2. The van der Waals surface area contributed by atoms with Crippen LogP contribution in [0.4, 0.5) is 4.39 Å². The number of nitrogens with zero attached hydrogens (tertiary/aromatic N) is 1. The van der Waals surface area contributed by atoms with Crippen LogP contribution in [-0.2, 0) is 6.54 Å². The van der Waals surface area contributed by atoms with Gasteiger partial charge in [-0.3, -0.25) is 9.59 Å². The van der Waals surface area contributed by atoms with Crippen LogP contribution in [0.15, 0.2) is 84.5 Å². The van der Waals surface area contributed by atoms with Gasteiger partial charge in [0.25, 0.3) is 0 Å². The maximum absolute atomic E-state index is 14.7. The van der Waals surface area contributed by atoms with Gasteiger partial charge in [-0.15, -0.1) is 0 Å². The van der Waals surface area contributed by atoms with Gasteiger partial charge >= 0.3 is 0 Å². The molecule has 0 aliphatic heterocycles. The first-order chi connectivity index (χ1) is 21.7. The minimum Gasteiger partial charge on any atom is -0.343 e. The first kappa shape index (κ1) is 30.7. The highest BCUT2D eigenvalue weighted by Crippen LogP contribution is 2.47. The molecule has 2 aliphatic carbocycles. The van der Waals surface area contributed by atoms with Gasteiger partial charge in [-0.1, -0.05) is 87.2 Å². The summed E-state index contributed by atoms with van der Waals surface area (Å²) in [4.78, 5) is 28.1. The average Bonchev–Trinajstić information content (AvgIpc) is 3.34. The molecule has 4 aromatic rings. The Hall–Kier alpha value is -4.31. The van der Waals surface area contributed by atoms with Gasteiger partial charge in [-0.2, -0.15) is 0 Å². The number of aromatic nitrogens is 1. The molecule has 3 atom stereocenters. The molecule has 0 saturated heterocycles. The lowest BCUT2D eigenvalue weighted by molar-refractivity contribution is 0.102. The van der Waals surface area contributed by atoms with Crippen molar-refractivity contribution >= 4 is 28.5 Å². The van der Waals surface area contributed by atoms with Crippen molar-refractivity contribution in [2.24, 2.45) is 11.8 Å². The van der Waals surface area contributed by atoms with Gasteiger partial charge in [0.05, 0.1) is 5.56 Å². The van der Waals surface area contributed by atoms with Crippen LogP contribution in [0.1, 0.15) is 99.7 Å². The number of halogens is 1. The van der Waals surface area contributed by atoms with Crippen molar-refractivity contribution in [3.63, 3.8) is 0 Å². The van der Waals surface area contributed by atoms with Crippen molar-refractivity contribution in [3.8, 4) is 0 Å². The second kappa shape index (κ2) is 12.6. The molecule has 3 nitrogen and oxygen atoms in total. The van der Waals surface area contributed by atoms with Crippen molar-refractivity contribution in [1.82, 2.24) is 4.57 Å². The summed E-state index contributed by atoms with van der Waals surface area (Å²) in [6.07, 6.45) is 15.2. The monoisotopic (exact) mass is 599 g/mol. The lowest BCUT2D eigenvalue weighted by atomic mass is 9.72. The van der Waals surface area contributed by atoms with E-state index in [-0.39, 0.29) is 29.0 Å². The van der Waals surface area contributed by atoms with Crippen molar-refractivity contribution in [2.75, 3.05) is 0 Å². The van der Waals surface area contributed by atoms with E-state index in [0.29, 0.717) is 11.5 Å². The number of hydrogen-bond donors (Lipinski definition) is 0. The van der Waals surface area contributed by atoms with E-state index in [1.807, 2.05) is 32.0 Å². The molecule has 0 spiro atoms. The summed E-state index contributed by atoms with van der Waals surface area (Å²) in [5, 5.41) is 0.932. The fourth-order valence-corrected chi connectivity index (χ4v) is 7.54. The Labute approximate surface area is 266 Å². The molecule has 1 heterocycles. The highest BCUT2D eigenvalue weighted by Gasteiger charge is 2.38. The lowest BCUT2D eigenvalue weighted by Gasteiger charge is -2.33. The van der Waals surface area contributed by atoms with E-state index in [1.165, 1.54) is 24.2 Å². The fraction of sp³-hybridized carbons (Fsp3) is 0.317. The minimum absolute atomic E-state index is 0.0122. The maximum atomic E-state index is 14.7. The average molecular weight is 600 g/mol. The topological polar surface area (TPSA) is 39.1 Å². The summed E-state index contributed by atoms with van der Waals surface area (Å²) in [7, 11) is 0. The number of aryl methyl sites for hydroxylation is 3. The highest BCUT2D eigenvalue weighted by molar-refractivity contribution is 6.16. The molecule has 0 amide bonds. The number of Topliss-reactive ketones (excluding diaryl/α,β-unsaturated/α-hetero) is 1. The second-order valence-corrected chi connectivity index (χ2v) is 12.9. The maximum Gasteiger partial charge on any atom is 0.195 e. The molecule has 0 fully saturated rings. The fourth-order valence-electron chi connectivity index (χ4n) is 7.54. The molecule has 2 aliphatic rings. The minimum atomic E-state index is -0.525. The van der Waals surface area contributed by atoms with Crippen LogP contribution >= 0.6 is 0 Å². The second-order valence-electron chi connectivity index (χ2n) is 12.9. The molecule has 4 heteroatoms. The standard InChI is InChI=1S/C41H42FNO2/c1-6-8-13-28(7-2)24-43-37-19-18-29(40(44)32-16-11-12-17-36(32)42)22-33(37)34-23-35(30-14-9-10-15-31(30)39(34)43)41(45)38-26(4)20-25(3)21-27(38)5/h9-12,14-23,28,30-31H,6-8,13,24H2,1-5H3. The molecule has 45 heavy (non-hydrogen) atoms. The zero-order valence-electron chi connectivity index (χ0n) is 27.0. The third kappa shape index (κ3) is 5.56. The number of hydrogen-bond acceptors (Lipinski definition) is 2. The predicted molar refractivity (Wildman–Crippen MR) is 183 cm³/mol. The molecule has 3 unspecified atom stereocenters. The van der Waals surface area contributed by atoms with Crippen LogP contribution in [0.3, 0.4) is 0 Å². The summed E-state index contributed by atoms with van der Waals surface area (Å²) >= 11 is 0. The van der Waals surface area contributed by atoms with E-state index in [0.717, 1.165) is 70.1 Å². The van der Waals surface area contributed by atoms with Crippen LogP contribution < -0.4 is 0 Å². The van der Waals surface area contributed by atoms with Crippen LogP contribution in [0.2, 0.25) is 0 Å². The zero-order valence-corrected chi connectivity index (χ0v) is 27.0. The molecule has 3 aromatic carbocycles. The van der Waals surface area contributed by atoms with Gasteiger partial charge in [0.15, 0.2) is 11.6 Å². The molecule has 0 radical (unpaired) electrons. The smallest absolute Gasteiger partial charge is 0.195 e. The third-order valence-electron chi connectivity index (χ3n) is 9.78. The summed E-state index contributed by atoms with van der Waals surface area (Å²) in [6.45, 7) is 11.5. The third-order valence-corrected chi connectivity index (χ3v) is 9.78. The zero-order chi connectivity index (χ0) is 31.8. The molecule has 0 saturated carbocycles. The van der Waals surface area contributed by atoms with E-state index < -0.39 is 5.82 Å². The first-order valence-electron chi connectivity index (χ1n) is 16.4. The quantitative estimate of drug-likeness (QED) is 0.170. The van der Waals surface area contributed by atoms with E-state index in [4.69, 9.17) is 0 Å². The summed E-state index contributed by atoms with van der Waals surface area (Å²) in [6, 6.07) is 16.1. The Morgan fingerprint density at radius 2 is 1.60 bits per heavy atom. The molecular weight excluding hydrogens is 557 g/mol. The van der Waals surface area contributed by atoms with Crippen LogP contribution in [0.25, 0.3) is 17.0 Å². The number of unbranched alkanes of at least 4 members (excludes halogenated alkanes) is 1. The lowest BCUT2D eigenvalue weighted by Crippen LogP contribution is -2.26. The van der Waals surface area contributed by atoms with E-state index >= 15 is 0 Å².